The Morgan fingerprint density at radius 1 is 1.64 bits per heavy atom. The van der Waals surface area contributed by atoms with Gasteiger partial charge in [0.15, 0.2) is 5.71 Å². The van der Waals surface area contributed by atoms with E-state index in [-0.39, 0.29) is 18.7 Å². The van der Waals surface area contributed by atoms with Gasteiger partial charge in [0, 0.05) is 0 Å². The number of carbonyl (C=O) groups is 2. The van der Waals surface area contributed by atoms with Crippen LogP contribution in [0.4, 0.5) is 0 Å². The minimum Gasteiger partial charge on any atom is -0.466 e. The summed E-state index contributed by atoms with van der Waals surface area (Å²) in [6.45, 7) is 1.95. The lowest BCUT2D eigenvalue weighted by atomic mass is 10.2. The molecule has 0 unspecified atom stereocenters. The fourth-order valence-corrected chi connectivity index (χ4v) is 0.970. The van der Waals surface area contributed by atoms with Gasteiger partial charge in [0.2, 0.25) is 6.10 Å². The molecule has 0 N–H and O–H groups in total. The molecule has 1 heterocycles. The maximum absolute atomic E-state index is 11.1. The second-order valence-electron chi connectivity index (χ2n) is 2.58. The molecule has 6 nitrogen and oxygen atoms in total. The molecule has 1 atom stereocenters. The largest absolute Gasteiger partial charge is 0.466 e. The average molecular weight is 201 g/mol. The molecular weight excluding hydrogens is 190 g/mol. The first-order chi connectivity index (χ1) is 6.69. The molecule has 0 saturated heterocycles. The highest BCUT2D eigenvalue weighted by Crippen LogP contribution is 2.12. The summed E-state index contributed by atoms with van der Waals surface area (Å²) in [6, 6.07) is 0. The number of hydrogen-bond donors (Lipinski definition) is 0. The molecule has 1 aliphatic heterocycles. The van der Waals surface area contributed by atoms with E-state index in [0.29, 0.717) is 0 Å². The molecule has 0 aliphatic carbocycles. The maximum Gasteiger partial charge on any atom is 0.356 e. The molecule has 1 aliphatic rings. The molecule has 6 heteroatoms. The standard InChI is InChI=1S/C8H11NO5/c1-3-13-7(10)5-4-6(14-9-5)8(11)12-2/h6H,3-4H2,1-2H3/t6-/m0/s1. The second-order valence-corrected chi connectivity index (χ2v) is 2.58. The van der Waals surface area contributed by atoms with Gasteiger partial charge in [-0.05, 0) is 6.92 Å². The number of nitrogens with zero attached hydrogens (tertiary/aromatic N) is 1. The molecule has 0 bridgehead atoms. The molecule has 0 saturated carbocycles. The van der Waals surface area contributed by atoms with E-state index in [9.17, 15) is 9.59 Å². The number of carbonyl (C=O) groups excluding carboxylic acids is 2. The van der Waals surface area contributed by atoms with Gasteiger partial charge in [-0.15, -0.1) is 0 Å². The van der Waals surface area contributed by atoms with Gasteiger partial charge in [0.05, 0.1) is 20.1 Å². The number of rotatable bonds is 3. The van der Waals surface area contributed by atoms with Crippen LogP contribution >= 0.6 is 0 Å². The van der Waals surface area contributed by atoms with Gasteiger partial charge in [-0.2, -0.15) is 0 Å². The first-order valence-electron chi connectivity index (χ1n) is 4.16. The first-order valence-corrected chi connectivity index (χ1v) is 4.16. The predicted molar refractivity (Wildman–Crippen MR) is 45.6 cm³/mol. The van der Waals surface area contributed by atoms with Crippen molar-refractivity contribution in [2.75, 3.05) is 13.7 Å². The van der Waals surface area contributed by atoms with Crippen LogP contribution in [0.25, 0.3) is 0 Å². The van der Waals surface area contributed by atoms with E-state index in [4.69, 9.17) is 4.84 Å². The fraction of sp³-hybridized carbons (Fsp3) is 0.625. The van der Waals surface area contributed by atoms with Crippen molar-refractivity contribution in [3.63, 3.8) is 0 Å². The summed E-state index contributed by atoms with van der Waals surface area (Å²) in [6.07, 6.45) is -0.717. The van der Waals surface area contributed by atoms with Gasteiger partial charge >= 0.3 is 11.9 Å². The fourth-order valence-electron chi connectivity index (χ4n) is 0.970. The van der Waals surface area contributed by atoms with Crippen molar-refractivity contribution in [3.05, 3.63) is 0 Å². The summed E-state index contributed by atoms with van der Waals surface area (Å²) in [5.41, 5.74) is 0.113. The van der Waals surface area contributed by atoms with Crippen molar-refractivity contribution < 1.29 is 23.9 Å². The Bertz CT molecular complexity index is 273. The minimum absolute atomic E-state index is 0.103. The Morgan fingerprint density at radius 3 is 2.93 bits per heavy atom. The van der Waals surface area contributed by atoms with Gasteiger partial charge < -0.3 is 14.3 Å². The van der Waals surface area contributed by atoms with Crippen LogP contribution < -0.4 is 0 Å². The second kappa shape index (κ2) is 4.59. The Hall–Kier alpha value is -1.59. The van der Waals surface area contributed by atoms with Crippen LogP contribution in [0.1, 0.15) is 13.3 Å². The van der Waals surface area contributed by atoms with E-state index in [1.54, 1.807) is 6.92 Å². The van der Waals surface area contributed by atoms with E-state index in [1.165, 1.54) is 7.11 Å². The number of esters is 2. The molecule has 14 heavy (non-hydrogen) atoms. The first kappa shape index (κ1) is 10.5. The highest BCUT2D eigenvalue weighted by atomic mass is 16.7. The predicted octanol–water partition coefficient (Wildman–Crippen LogP) is -0.133. The minimum atomic E-state index is -0.820. The van der Waals surface area contributed by atoms with Crippen LogP contribution in [0.2, 0.25) is 0 Å². The third kappa shape index (κ3) is 2.21. The smallest absolute Gasteiger partial charge is 0.356 e. The van der Waals surface area contributed by atoms with Crippen molar-refractivity contribution in [2.45, 2.75) is 19.4 Å². The highest BCUT2D eigenvalue weighted by molar-refractivity contribution is 6.37. The number of oxime groups is 1. The van der Waals surface area contributed by atoms with E-state index in [0.717, 1.165) is 0 Å². The molecular formula is C8H11NO5. The zero-order chi connectivity index (χ0) is 10.6. The monoisotopic (exact) mass is 201 g/mol. The average Bonchev–Trinajstić information content (AvgIpc) is 2.66. The zero-order valence-corrected chi connectivity index (χ0v) is 7.98. The summed E-state index contributed by atoms with van der Waals surface area (Å²) in [4.78, 5) is 26.8. The number of methoxy groups -OCH3 is 1. The van der Waals surface area contributed by atoms with Gasteiger partial charge in [-0.25, -0.2) is 9.59 Å². The van der Waals surface area contributed by atoms with E-state index in [2.05, 4.69) is 14.6 Å². The lowest BCUT2D eigenvalue weighted by Gasteiger charge is -2.03. The van der Waals surface area contributed by atoms with Crippen molar-refractivity contribution in [3.8, 4) is 0 Å². The third-order valence-electron chi connectivity index (χ3n) is 1.64. The third-order valence-corrected chi connectivity index (χ3v) is 1.64. The summed E-state index contributed by atoms with van der Waals surface area (Å²) < 4.78 is 9.12. The molecule has 0 aromatic carbocycles. The molecule has 1 rings (SSSR count). The molecule has 0 spiro atoms. The van der Waals surface area contributed by atoms with Gasteiger partial charge in [0.1, 0.15) is 0 Å². The quantitative estimate of drug-likeness (QED) is 0.594. The number of hydrogen-bond acceptors (Lipinski definition) is 6. The maximum atomic E-state index is 11.1. The summed E-state index contributed by atoms with van der Waals surface area (Å²) in [7, 11) is 1.24. The van der Waals surface area contributed by atoms with Crippen LogP contribution in [0.15, 0.2) is 5.16 Å². The van der Waals surface area contributed by atoms with Crippen molar-refractivity contribution >= 4 is 17.7 Å². The zero-order valence-electron chi connectivity index (χ0n) is 7.98. The van der Waals surface area contributed by atoms with Crippen LogP contribution in [0.3, 0.4) is 0 Å². The summed E-state index contributed by atoms with van der Waals surface area (Å²) in [5, 5.41) is 3.45. The Morgan fingerprint density at radius 2 is 2.36 bits per heavy atom. The molecule has 0 aromatic rings. The normalized spacial score (nSPS) is 19.6. The SMILES string of the molecule is CCOC(=O)C1=NO[C@H](C(=O)OC)C1. The lowest BCUT2D eigenvalue weighted by Crippen LogP contribution is -2.24. The number of ether oxygens (including phenoxy) is 2. The van der Waals surface area contributed by atoms with Crippen molar-refractivity contribution in [1.82, 2.24) is 0 Å². The van der Waals surface area contributed by atoms with Gasteiger partial charge in [0.25, 0.3) is 0 Å². The Kier molecular flexibility index (Phi) is 3.44. The summed E-state index contributed by atoms with van der Waals surface area (Å²) in [5.74, 6) is -1.10. The van der Waals surface area contributed by atoms with Gasteiger partial charge in [-0.3, -0.25) is 0 Å². The molecule has 0 fully saturated rings. The Balaban J connectivity index is 2.47. The van der Waals surface area contributed by atoms with Crippen LogP contribution in [0.5, 0.6) is 0 Å². The van der Waals surface area contributed by atoms with Crippen LogP contribution in [0, 0.1) is 0 Å². The molecule has 78 valence electrons. The van der Waals surface area contributed by atoms with Crippen LogP contribution in [-0.4, -0.2) is 37.5 Å². The topological polar surface area (TPSA) is 74.2 Å². The molecule has 0 radical (unpaired) electrons. The Labute approximate surface area is 80.8 Å². The van der Waals surface area contributed by atoms with E-state index >= 15 is 0 Å². The molecule has 0 amide bonds. The van der Waals surface area contributed by atoms with E-state index in [1.807, 2.05) is 0 Å². The van der Waals surface area contributed by atoms with Crippen molar-refractivity contribution in [1.29, 1.82) is 0 Å². The van der Waals surface area contributed by atoms with E-state index < -0.39 is 18.0 Å². The lowest BCUT2D eigenvalue weighted by molar-refractivity contribution is -0.152. The summed E-state index contributed by atoms with van der Waals surface area (Å²) >= 11 is 0. The van der Waals surface area contributed by atoms with Crippen LogP contribution in [-0.2, 0) is 23.9 Å². The van der Waals surface area contributed by atoms with Gasteiger partial charge in [-0.1, -0.05) is 5.16 Å². The molecule has 0 aromatic heterocycles. The highest BCUT2D eigenvalue weighted by Gasteiger charge is 2.32. The van der Waals surface area contributed by atoms with Crippen molar-refractivity contribution in [2.24, 2.45) is 5.16 Å².